The highest BCUT2D eigenvalue weighted by atomic mass is 16.5. The minimum absolute atomic E-state index is 0.100. The summed E-state index contributed by atoms with van der Waals surface area (Å²) in [6.45, 7) is 6.91. The van der Waals surface area contributed by atoms with Gasteiger partial charge in [0.1, 0.15) is 0 Å². The molecule has 1 aromatic rings. The first-order valence-electron chi connectivity index (χ1n) is 8.40. The van der Waals surface area contributed by atoms with Gasteiger partial charge < -0.3 is 9.47 Å². The van der Waals surface area contributed by atoms with Crippen LogP contribution in [0.2, 0.25) is 0 Å². The second-order valence-electron chi connectivity index (χ2n) is 6.72. The summed E-state index contributed by atoms with van der Waals surface area (Å²) in [4.78, 5) is 23.9. The number of hydrogen-bond donors (Lipinski definition) is 1. The van der Waals surface area contributed by atoms with Crippen LogP contribution in [0, 0.1) is 11.3 Å². The van der Waals surface area contributed by atoms with E-state index in [4.69, 9.17) is 9.47 Å². The first-order valence-corrected chi connectivity index (χ1v) is 8.40. The molecule has 3 rings (SSSR count). The average molecular weight is 329 g/mol. The van der Waals surface area contributed by atoms with Gasteiger partial charge in [-0.15, -0.1) is 0 Å². The van der Waals surface area contributed by atoms with Crippen molar-refractivity contribution in [2.24, 2.45) is 11.3 Å². The van der Waals surface area contributed by atoms with Crippen LogP contribution in [0.1, 0.15) is 31.7 Å². The third kappa shape index (κ3) is 3.16. The van der Waals surface area contributed by atoms with Gasteiger partial charge in [0.05, 0.1) is 18.6 Å². The molecule has 0 aromatic heterocycles. The molecule has 5 heteroatoms. The fraction of sp³-hybridized carbons (Fsp3) is 0.474. The standard InChI is InChI=1S/C19H23NO4/c1-3-8-23-18(22)20-16-6-4-14(5-7-16)11-19-10-13(2)9-15(19)12-24-17(19)21/h4-7,15H,2-3,8-12H2,1H3,(H,20,22)/t15-,19+/m1/s1. The normalized spacial score (nSPS) is 25.3. The Kier molecular flexibility index (Phi) is 4.60. The number of allylic oxidation sites excluding steroid dienone is 1. The number of rotatable bonds is 5. The van der Waals surface area contributed by atoms with E-state index in [0.717, 1.165) is 24.0 Å². The molecule has 0 unspecified atom stereocenters. The number of amides is 1. The highest BCUT2D eigenvalue weighted by Crippen LogP contribution is 2.52. The summed E-state index contributed by atoms with van der Waals surface area (Å²) < 4.78 is 10.3. The molecule has 128 valence electrons. The highest BCUT2D eigenvalue weighted by molar-refractivity contribution is 5.84. The fourth-order valence-electron chi connectivity index (χ4n) is 3.68. The van der Waals surface area contributed by atoms with Crippen LogP contribution >= 0.6 is 0 Å². The van der Waals surface area contributed by atoms with E-state index in [2.05, 4.69) is 11.9 Å². The Morgan fingerprint density at radius 2 is 2.17 bits per heavy atom. The zero-order valence-corrected chi connectivity index (χ0v) is 14.0. The largest absolute Gasteiger partial charge is 0.465 e. The number of cyclic esters (lactones) is 1. The number of fused-ring (bicyclic) bond motifs is 1. The van der Waals surface area contributed by atoms with Crippen molar-refractivity contribution >= 4 is 17.7 Å². The van der Waals surface area contributed by atoms with Gasteiger partial charge in [0, 0.05) is 11.6 Å². The first-order chi connectivity index (χ1) is 11.5. The van der Waals surface area contributed by atoms with Crippen molar-refractivity contribution in [3.63, 3.8) is 0 Å². The van der Waals surface area contributed by atoms with Crippen LogP contribution < -0.4 is 5.32 Å². The van der Waals surface area contributed by atoms with Crippen LogP contribution in [0.4, 0.5) is 10.5 Å². The second-order valence-corrected chi connectivity index (χ2v) is 6.72. The van der Waals surface area contributed by atoms with E-state index >= 15 is 0 Å². The molecule has 2 aliphatic rings. The predicted molar refractivity (Wildman–Crippen MR) is 90.7 cm³/mol. The Balaban J connectivity index is 1.67. The molecule has 1 saturated carbocycles. The van der Waals surface area contributed by atoms with Crippen molar-refractivity contribution in [1.29, 1.82) is 0 Å². The van der Waals surface area contributed by atoms with Crippen molar-refractivity contribution in [3.8, 4) is 0 Å². The Hall–Kier alpha value is -2.30. The van der Waals surface area contributed by atoms with Crippen LogP contribution in [0.25, 0.3) is 0 Å². The van der Waals surface area contributed by atoms with E-state index in [1.807, 2.05) is 31.2 Å². The SMILES string of the molecule is C=C1C[C@@H]2COC(=O)[C@]2(Cc2ccc(NC(=O)OCCC)cc2)C1. The van der Waals surface area contributed by atoms with E-state index in [1.165, 1.54) is 0 Å². The number of carbonyl (C=O) groups excluding carboxylic acids is 2. The molecule has 2 atom stereocenters. The molecule has 24 heavy (non-hydrogen) atoms. The summed E-state index contributed by atoms with van der Waals surface area (Å²) in [6.07, 6.45) is 2.57. The zero-order chi connectivity index (χ0) is 17.2. The number of carbonyl (C=O) groups is 2. The monoisotopic (exact) mass is 329 g/mol. The molecular weight excluding hydrogens is 306 g/mol. The minimum atomic E-state index is -0.452. The van der Waals surface area contributed by atoms with Crippen molar-refractivity contribution in [1.82, 2.24) is 0 Å². The number of hydrogen-bond acceptors (Lipinski definition) is 4. The topological polar surface area (TPSA) is 64.6 Å². The molecular formula is C19H23NO4. The smallest absolute Gasteiger partial charge is 0.411 e. The number of benzene rings is 1. The van der Waals surface area contributed by atoms with E-state index in [1.54, 1.807) is 0 Å². The fourth-order valence-corrected chi connectivity index (χ4v) is 3.68. The number of ether oxygens (including phenoxy) is 2. The number of nitrogens with one attached hydrogen (secondary N) is 1. The van der Waals surface area contributed by atoms with Gasteiger partial charge in [-0.1, -0.05) is 31.2 Å². The molecule has 1 amide bonds. The Morgan fingerprint density at radius 1 is 1.42 bits per heavy atom. The molecule has 0 radical (unpaired) electrons. The van der Waals surface area contributed by atoms with E-state index in [0.29, 0.717) is 31.7 Å². The molecule has 1 aliphatic heterocycles. The molecule has 1 aliphatic carbocycles. The molecule has 1 N–H and O–H groups in total. The third-order valence-electron chi connectivity index (χ3n) is 4.86. The van der Waals surface area contributed by atoms with Gasteiger partial charge in [-0.2, -0.15) is 0 Å². The van der Waals surface area contributed by atoms with Gasteiger partial charge in [-0.05, 0) is 43.4 Å². The lowest BCUT2D eigenvalue weighted by molar-refractivity contribution is -0.146. The van der Waals surface area contributed by atoms with Crippen molar-refractivity contribution in [3.05, 3.63) is 42.0 Å². The lowest BCUT2D eigenvalue weighted by atomic mass is 9.75. The minimum Gasteiger partial charge on any atom is -0.465 e. The molecule has 0 spiro atoms. The second kappa shape index (κ2) is 6.67. The van der Waals surface area contributed by atoms with Gasteiger partial charge in [0.2, 0.25) is 0 Å². The van der Waals surface area contributed by atoms with Gasteiger partial charge in [-0.3, -0.25) is 10.1 Å². The van der Waals surface area contributed by atoms with E-state index < -0.39 is 11.5 Å². The lowest BCUT2D eigenvalue weighted by Gasteiger charge is -2.24. The van der Waals surface area contributed by atoms with Crippen LogP contribution in [-0.2, 0) is 20.7 Å². The van der Waals surface area contributed by atoms with Gasteiger partial charge in [0.15, 0.2) is 0 Å². The summed E-state index contributed by atoms with van der Waals surface area (Å²) in [6, 6.07) is 7.54. The Labute approximate surface area is 142 Å². The quantitative estimate of drug-likeness (QED) is 0.661. The van der Waals surface area contributed by atoms with Crippen LogP contribution in [0.3, 0.4) is 0 Å². The van der Waals surface area contributed by atoms with Crippen LogP contribution in [0.5, 0.6) is 0 Å². The van der Waals surface area contributed by atoms with Crippen molar-refractivity contribution in [2.45, 2.75) is 32.6 Å². The first kappa shape index (κ1) is 16.6. The molecule has 5 nitrogen and oxygen atoms in total. The van der Waals surface area contributed by atoms with E-state index in [9.17, 15) is 9.59 Å². The predicted octanol–water partition coefficient (Wildman–Crippen LogP) is 3.70. The Bertz CT molecular complexity index is 652. The summed E-state index contributed by atoms with van der Waals surface area (Å²) >= 11 is 0. The third-order valence-corrected chi connectivity index (χ3v) is 4.86. The van der Waals surface area contributed by atoms with E-state index in [-0.39, 0.29) is 11.9 Å². The van der Waals surface area contributed by atoms with Gasteiger partial charge >= 0.3 is 12.1 Å². The maximum absolute atomic E-state index is 12.3. The molecule has 1 heterocycles. The van der Waals surface area contributed by atoms with Crippen LogP contribution in [-0.4, -0.2) is 25.3 Å². The van der Waals surface area contributed by atoms with Gasteiger partial charge in [0.25, 0.3) is 0 Å². The number of anilines is 1. The van der Waals surface area contributed by atoms with Crippen LogP contribution in [0.15, 0.2) is 36.4 Å². The van der Waals surface area contributed by atoms with Crippen molar-refractivity contribution in [2.75, 3.05) is 18.5 Å². The summed E-state index contributed by atoms with van der Waals surface area (Å²) in [5.41, 5.74) is 2.42. The average Bonchev–Trinajstić information content (AvgIpc) is 3.02. The highest BCUT2D eigenvalue weighted by Gasteiger charge is 2.55. The maximum atomic E-state index is 12.3. The van der Waals surface area contributed by atoms with Crippen molar-refractivity contribution < 1.29 is 19.1 Å². The molecule has 1 aromatic carbocycles. The maximum Gasteiger partial charge on any atom is 0.411 e. The molecule has 2 fully saturated rings. The summed E-state index contributed by atoms with van der Waals surface area (Å²) in [5, 5.41) is 2.69. The molecule has 1 saturated heterocycles. The summed E-state index contributed by atoms with van der Waals surface area (Å²) in [7, 11) is 0. The summed E-state index contributed by atoms with van der Waals surface area (Å²) in [5.74, 6) is 0.135. The van der Waals surface area contributed by atoms with Gasteiger partial charge in [-0.25, -0.2) is 4.79 Å². The zero-order valence-electron chi connectivity index (χ0n) is 14.0. The molecule has 0 bridgehead atoms. The lowest BCUT2D eigenvalue weighted by Crippen LogP contribution is -2.31. The number of esters is 1. The Morgan fingerprint density at radius 3 is 2.88 bits per heavy atom.